The number of rotatable bonds is 2. The van der Waals surface area contributed by atoms with Gasteiger partial charge in [0.2, 0.25) is 0 Å². The number of benzene rings is 1. The van der Waals surface area contributed by atoms with Gasteiger partial charge in [0, 0.05) is 11.9 Å². The fourth-order valence-corrected chi connectivity index (χ4v) is 1.90. The Morgan fingerprint density at radius 1 is 1.11 bits per heavy atom. The second-order valence-electron chi connectivity index (χ2n) is 4.73. The van der Waals surface area contributed by atoms with Crippen LogP contribution in [0.25, 0.3) is 0 Å². The summed E-state index contributed by atoms with van der Waals surface area (Å²) in [6.07, 6.45) is 1.57. The minimum absolute atomic E-state index is 0.362. The third-order valence-electron chi connectivity index (χ3n) is 3.23. The Balaban J connectivity index is 2.28. The lowest BCUT2D eigenvalue weighted by Gasteiger charge is -2.10. The van der Waals surface area contributed by atoms with Gasteiger partial charge >= 0.3 is 5.97 Å². The molecule has 19 heavy (non-hydrogen) atoms. The van der Waals surface area contributed by atoms with Gasteiger partial charge in [0.15, 0.2) is 0 Å². The van der Waals surface area contributed by atoms with E-state index in [-0.39, 0.29) is 5.97 Å². The first-order valence-corrected chi connectivity index (χ1v) is 6.20. The molecule has 1 heterocycles. The average molecular weight is 255 g/mol. The third-order valence-corrected chi connectivity index (χ3v) is 3.23. The second kappa shape index (κ2) is 5.22. The molecule has 0 aliphatic rings. The Morgan fingerprint density at radius 3 is 2.53 bits per heavy atom. The van der Waals surface area contributed by atoms with Crippen molar-refractivity contribution < 1.29 is 9.53 Å². The molecule has 2 aromatic rings. The summed E-state index contributed by atoms with van der Waals surface area (Å²) in [6, 6.07) is 7.55. The van der Waals surface area contributed by atoms with E-state index >= 15 is 0 Å². The van der Waals surface area contributed by atoms with Crippen molar-refractivity contribution in [3.05, 3.63) is 58.4 Å². The highest BCUT2D eigenvalue weighted by Gasteiger charge is 2.14. The van der Waals surface area contributed by atoms with Crippen molar-refractivity contribution in [1.82, 2.24) is 4.98 Å². The predicted molar refractivity (Wildman–Crippen MR) is 74.6 cm³/mol. The maximum atomic E-state index is 12.1. The number of hydrogen-bond donors (Lipinski definition) is 0. The lowest BCUT2D eigenvalue weighted by molar-refractivity contribution is 0.0732. The average Bonchev–Trinajstić information content (AvgIpc) is 2.34. The first-order chi connectivity index (χ1) is 8.99. The van der Waals surface area contributed by atoms with Crippen molar-refractivity contribution in [1.29, 1.82) is 0 Å². The van der Waals surface area contributed by atoms with Gasteiger partial charge < -0.3 is 4.74 Å². The van der Waals surface area contributed by atoms with E-state index in [1.807, 2.05) is 45.9 Å². The van der Waals surface area contributed by atoms with Crippen LogP contribution in [0, 0.1) is 27.7 Å². The number of hydrogen-bond acceptors (Lipinski definition) is 3. The Kier molecular flexibility index (Phi) is 3.65. The van der Waals surface area contributed by atoms with Gasteiger partial charge in [-0.1, -0.05) is 12.1 Å². The van der Waals surface area contributed by atoms with Crippen LogP contribution in [0.1, 0.15) is 32.7 Å². The molecule has 0 spiro atoms. The van der Waals surface area contributed by atoms with Crippen LogP contribution in [0.5, 0.6) is 5.75 Å². The molecule has 0 atom stereocenters. The number of ether oxygens (including phenoxy) is 1. The predicted octanol–water partition coefficient (Wildman–Crippen LogP) is 3.53. The Labute approximate surface area is 113 Å². The molecular weight excluding hydrogens is 238 g/mol. The van der Waals surface area contributed by atoms with E-state index in [2.05, 4.69) is 4.98 Å². The smallest absolute Gasteiger partial charge is 0.345 e. The fourth-order valence-electron chi connectivity index (χ4n) is 1.90. The van der Waals surface area contributed by atoms with Crippen molar-refractivity contribution in [3.63, 3.8) is 0 Å². The topological polar surface area (TPSA) is 39.2 Å². The summed E-state index contributed by atoms with van der Waals surface area (Å²) in [7, 11) is 0. The van der Waals surface area contributed by atoms with Crippen molar-refractivity contribution in [2.45, 2.75) is 27.7 Å². The van der Waals surface area contributed by atoms with E-state index in [4.69, 9.17) is 4.74 Å². The molecule has 3 heteroatoms. The number of carbonyl (C=O) groups is 1. The summed E-state index contributed by atoms with van der Waals surface area (Å²) in [5.41, 5.74) is 4.35. The summed E-state index contributed by atoms with van der Waals surface area (Å²) >= 11 is 0. The van der Waals surface area contributed by atoms with Crippen molar-refractivity contribution >= 4 is 5.97 Å². The molecule has 0 N–H and O–H groups in total. The van der Waals surface area contributed by atoms with Crippen LogP contribution < -0.4 is 4.74 Å². The standard InChI is InChI=1S/C16H17NO2/c1-10-6-5-7-15(13(10)4)19-16(18)14-9-17-12(3)8-11(14)2/h5-9H,1-4H3. The minimum atomic E-state index is -0.362. The number of carbonyl (C=O) groups excluding carboxylic acids is 1. The number of aryl methyl sites for hydroxylation is 3. The van der Waals surface area contributed by atoms with Crippen LogP contribution in [0.2, 0.25) is 0 Å². The number of nitrogens with zero attached hydrogens (tertiary/aromatic N) is 1. The first-order valence-electron chi connectivity index (χ1n) is 6.20. The van der Waals surface area contributed by atoms with Gasteiger partial charge in [-0.05, 0) is 56.5 Å². The molecule has 1 aromatic carbocycles. The number of aromatic nitrogens is 1. The van der Waals surface area contributed by atoms with E-state index in [0.717, 1.165) is 22.4 Å². The monoisotopic (exact) mass is 255 g/mol. The molecular formula is C16H17NO2. The van der Waals surface area contributed by atoms with Crippen LogP contribution in [-0.2, 0) is 0 Å². The second-order valence-corrected chi connectivity index (χ2v) is 4.73. The van der Waals surface area contributed by atoms with Crippen molar-refractivity contribution in [2.75, 3.05) is 0 Å². The molecule has 0 amide bonds. The van der Waals surface area contributed by atoms with Gasteiger partial charge in [-0.15, -0.1) is 0 Å². The van der Waals surface area contributed by atoms with E-state index in [1.54, 1.807) is 12.3 Å². The third kappa shape index (κ3) is 2.81. The first kappa shape index (κ1) is 13.3. The van der Waals surface area contributed by atoms with Gasteiger partial charge in [0.25, 0.3) is 0 Å². The van der Waals surface area contributed by atoms with Gasteiger partial charge in [0.05, 0.1) is 5.56 Å². The largest absolute Gasteiger partial charge is 0.423 e. The van der Waals surface area contributed by atoms with E-state index in [9.17, 15) is 4.79 Å². The lowest BCUT2D eigenvalue weighted by Crippen LogP contribution is -2.12. The molecule has 2 rings (SSSR count). The molecule has 3 nitrogen and oxygen atoms in total. The van der Waals surface area contributed by atoms with E-state index in [0.29, 0.717) is 11.3 Å². The molecule has 0 radical (unpaired) electrons. The van der Waals surface area contributed by atoms with Crippen LogP contribution in [0.4, 0.5) is 0 Å². The molecule has 0 fully saturated rings. The zero-order valence-electron chi connectivity index (χ0n) is 11.7. The number of pyridine rings is 1. The van der Waals surface area contributed by atoms with Gasteiger partial charge in [-0.3, -0.25) is 4.98 Å². The van der Waals surface area contributed by atoms with Gasteiger partial charge in [0.1, 0.15) is 5.75 Å². The Hall–Kier alpha value is -2.16. The van der Waals surface area contributed by atoms with Crippen LogP contribution in [0.15, 0.2) is 30.5 Å². The van der Waals surface area contributed by atoms with E-state index in [1.165, 1.54) is 0 Å². The maximum absolute atomic E-state index is 12.1. The fraction of sp³-hybridized carbons (Fsp3) is 0.250. The summed E-state index contributed by atoms with van der Waals surface area (Å²) in [5, 5.41) is 0. The molecule has 0 saturated carbocycles. The van der Waals surface area contributed by atoms with Crippen LogP contribution in [-0.4, -0.2) is 11.0 Å². The molecule has 0 saturated heterocycles. The normalized spacial score (nSPS) is 10.3. The minimum Gasteiger partial charge on any atom is -0.423 e. The van der Waals surface area contributed by atoms with Crippen molar-refractivity contribution in [3.8, 4) is 5.75 Å². The summed E-state index contributed by atoms with van der Waals surface area (Å²) in [5.74, 6) is 0.240. The van der Waals surface area contributed by atoms with Crippen LogP contribution >= 0.6 is 0 Å². The summed E-state index contributed by atoms with van der Waals surface area (Å²) in [4.78, 5) is 16.3. The highest BCUT2D eigenvalue weighted by molar-refractivity contribution is 5.92. The van der Waals surface area contributed by atoms with Crippen molar-refractivity contribution in [2.24, 2.45) is 0 Å². The molecule has 98 valence electrons. The molecule has 0 aliphatic heterocycles. The molecule has 0 aliphatic carbocycles. The molecule has 1 aromatic heterocycles. The highest BCUT2D eigenvalue weighted by Crippen LogP contribution is 2.22. The van der Waals surface area contributed by atoms with Gasteiger partial charge in [-0.2, -0.15) is 0 Å². The number of esters is 1. The summed E-state index contributed by atoms with van der Waals surface area (Å²) in [6.45, 7) is 7.71. The Morgan fingerprint density at radius 2 is 1.84 bits per heavy atom. The molecule has 0 bridgehead atoms. The summed E-state index contributed by atoms with van der Waals surface area (Å²) < 4.78 is 5.45. The van der Waals surface area contributed by atoms with Gasteiger partial charge in [-0.25, -0.2) is 4.79 Å². The highest BCUT2D eigenvalue weighted by atomic mass is 16.5. The molecule has 0 unspecified atom stereocenters. The zero-order chi connectivity index (χ0) is 14.0. The quantitative estimate of drug-likeness (QED) is 0.608. The Bertz CT molecular complexity index is 633. The SMILES string of the molecule is Cc1cc(C)c(C(=O)Oc2cccc(C)c2C)cn1. The lowest BCUT2D eigenvalue weighted by atomic mass is 10.1. The maximum Gasteiger partial charge on any atom is 0.345 e. The zero-order valence-corrected chi connectivity index (χ0v) is 11.7. The van der Waals surface area contributed by atoms with Crippen LogP contribution in [0.3, 0.4) is 0 Å². The van der Waals surface area contributed by atoms with E-state index < -0.39 is 0 Å².